The van der Waals surface area contributed by atoms with Crippen molar-refractivity contribution in [1.29, 1.82) is 0 Å². The molecule has 1 saturated heterocycles. The van der Waals surface area contributed by atoms with Crippen LogP contribution in [-0.4, -0.2) is 30.6 Å². The molecule has 1 fully saturated rings. The van der Waals surface area contributed by atoms with Crippen molar-refractivity contribution < 1.29 is 4.74 Å². The number of nitrogens with one attached hydrogen (secondary N) is 1. The van der Waals surface area contributed by atoms with Crippen LogP contribution in [-0.2, 0) is 13.2 Å². The molecule has 0 aliphatic carbocycles. The predicted molar refractivity (Wildman–Crippen MR) is 109 cm³/mol. The molecule has 3 nitrogen and oxygen atoms in total. The first-order valence-electron chi connectivity index (χ1n) is 9.26. The molecule has 0 spiro atoms. The average Bonchev–Trinajstić information content (AvgIpc) is 3.09. The SMILES string of the molecule is CCN1CCCC1CNCc1cccc(OCc2c(Cl)cccc2Cl)c1. The Bertz CT molecular complexity index is 703. The van der Waals surface area contributed by atoms with E-state index in [0.29, 0.717) is 22.7 Å². The van der Waals surface area contributed by atoms with Gasteiger partial charge in [-0.2, -0.15) is 0 Å². The van der Waals surface area contributed by atoms with Crippen LogP contribution in [0.5, 0.6) is 5.75 Å². The number of likely N-dealkylation sites (tertiary alicyclic amines) is 1. The van der Waals surface area contributed by atoms with Gasteiger partial charge in [0.2, 0.25) is 0 Å². The predicted octanol–water partition coefficient (Wildman–Crippen LogP) is 5.15. The van der Waals surface area contributed by atoms with E-state index in [2.05, 4.69) is 29.3 Å². The molecule has 3 rings (SSSR count). The molecular formula is C21H26Cl2N2O. The van der Waals surface area contributed by atoms with Crippen LogP contribution in [0.2, 0.25) is 10.0 Å². The van der Waals surface area contributed by atoms with Crippen molar-refractivity contribution in [2.45, 2.75) is 39.0 Å². The fourth-order valence-corrected chi connectivity index (χ4v) is 4.00. The van der Waals surface area contributed by atoms with Crippen LogP contribution >= 0.6 is 23.2 Å². The number of hydrogen-bond donors (Lipinski definition) is 1. The summed E-state index contributed by atoms with van der Waals surface area (Å²) in [7, 11) is 0. The number of halogens is 2. The minimum absolute atomic E-state index is 0.364. The minimum atomic E-state index is 0.364. The Morgan fingerprint density at radius 3 is 2.69 bits per heavy atom. The highest BCUT2D eigenvalue weighted by atomic mass is 35.5. The van der Waals surface area contributed by atoms with Gasteiger partial charge in [-0.1, -0.05) is 48.3 Å². The van der Waals surface area contributed by atoms with E-state index in [4.69, 9.17) is 27.9 Å². The number of likely N-dealkylation sites (N-methyl/N-ethyl adjacent to an activating group) is 1. The maximum atomic E-state index is 6.20. The second-order valence-electron chi connectivity index (χ2n) is 6.69. The van der Waals surface area contributed by atoms with Gasteiger partial charge >= 0.3 is 0 Å². The minimum Gasteiger partial charge on any atom is -0.489 e. The lowest BCUT2D eigenvalue weighted by Crippen LogP contribution is -2.37. The summed E-state index contributed by atoms with van der Waals surface area (Å²) in [4.78, 5) is 2.56. The molecule has 1 unspecified atom stereocenters. The van der Waals surface area contributed by atoms with E-state index in [-0.39, 0.29) is 0 Å². The molecule has 2 aromatic rings. The molecule has 1 N–H and O–H groups in total. The van der Waals surface area contributed by atoms with E-state index in [1.54, 1.807) is 0 Å². The van der Waals surface area contributed by atoms with Crippen molar-refractivity contribution in [3.8, 4) is 5.75 Å². The summed E-state index contributed by atoms with van der Waals surface area (Å²) >= 11 is 12.4. The van der Waals surface area contributed by atoms with E-state index in [9.17, 15) is 0 Å². The van der Waals surface area contributed by atoms with Crippen molar-refractivity contribution in [3.63, 3.8) is 0 Å². The zero-order chi connectivity index (χ0) is 18.4. The fraction of sp³-hybridized carbons (Fsp3) is 0.429. The molecule has 0 radical (unpaired) electrons. The largest absolute Gasteiger partial charge is 0.489 e. The Hall–Kier alpha value is -1.26. The average molecular weight is 393 g/mol. The first-order chi connectivity index (χ1) is 12.7. The molecule has 5 heteroatoms. The summed E-state index contributed by atoms with van der Waals surface area (Å²) in [6.45, 7) is 6.86. The third-order valence-corrected chi connectivity index (χ3v) is 5.67. The lowest BCUT2D eigenvalue weighted by molar-refractivity contribution is 0.260. The first-order valence-corrected chi connectivity index (χ1v) is 10.0. The summed E-state index contributed by atoms with van der Waals surface area (Å²) in [5.41, 5.74) is 2.04. The van der Waals surface area contributed by atoms with Crippen LogP contribution < -0.4 is 10.1 Å². The van der Waals surface area contributed by atoms with Crippen molar-refractivity contribution in [1.82, 2.24) is 10.2 Å². The molecular weight excluding hydrogens is 367 g/mol. The summed E-state index contributed by atoms with van der Waals surface area (Å²) < 4.78 is 5.90. The molecule has 2 aromatic carbocycles. The molecule has 1 atom stereocenters. The topological polar surface area (TPSA) is 24.5 Å². The zero-order valence-electron chi connectivity index (χ0n) is 15.2. The van der Waals surface area contributed by atoms with Gasteiger partial charge < -0.3 is 10.1 Å². The third kappa shape index (κ3) is 5.14. The third-order valence-electron chi connectivity index (χ3n) is 4.96. The van der Waals surface area contributed by atoms with Gasteiger partial charge in [0.15, 0.2) is 0 Å². The molecule has 1 heterocycles. The van der Waals surface area contributed by atoms with Crippen molar-refractivity contribution in [2.75, 3.05) is 19.6 Å². The van der Waals surface area contributed by atoms with Crippen LogP contribution in [0.15, 0.2) is 42.5 Å². The van der Waals surface area contributed by atoms with E-state index in [0.717, 1.165) is 30.9 Å². The normalized spacial score (nSPS) is 17.6. The van der Waals surface area contributed by atoms with Crippen LogP contribution in [0.4, 0.5) is 0 Å². The van der Waals surface area contributed by atoms with Gasteiger partial charge in [0.25, 0.3) is 0 Å². The van der Waals surface area contributed by atoms with Gasteiger partial charge in [0, 0.05) is 34.7 Å². The molecule has 140 valence electrons. The van der Waals surface area contributed by atoms with Gasteiger partial charge in [-0.05, 0) is 55.8 Å². The molecule has 0 aromatic heterocycles. The van der Waals surface area contributed by atoms with E-state index < -0.39 is 0 Å². The van der Waals surface area contributed by atoms with E-state index in [1.165, 1.54) is 24.9 Å². The quantitative estimate of drug-likeness (QED) is 0.672. The van der Waals surface area contributed by atoms with Crippen LogP contribution in [0, 0.1) is 0 Å². The van der Waals surface area contributed by atoms with Crippen molar-refractivity contribution in [2.24, 2.45) is 0 Å². The fourth-order valence-electron chi connectivity index (χ4n) is 3.50. The van der Waals surface area contributed by atoms with E-state index in [1.807, 2.05) is 30.3 Å². The second kappa shape index (κ2) is 9.61. The number of rotatable bonds is 8. The maximum Gasteiger partial charge on any atom is 0.120 e. The van der Waals surface area contributed by atoms with Gasteiger partial charge in [0.05, 0.1) is 0 Å². The Labute approximate surface area is 166 Å². The highest BCUT2D eigenvalue weighted by molar-refractivity contribution is 6.35. The maximum absolute atomic E-state index is 6.20. The van der Waals surface area contributed by atoms with Gasteiger partial charge in [-0.15, -0.1) is 0 Å². The second-order valence-corrected chi connectivity index (χ2v) is 7.51. The molecule has 1 aliphatic heterocycles. The zero-order valence-corrected chi connectivity index (χ0v) is 16.7. The van der Waals surface area contributed by atoms with Crippen molar-refractivity contribution >= 4 is 23.2 Å². The molecule has 0 amide bonds. The lowest BCUT2D eigenvalue weighted by Gasteiger charge is -2.23. The van der Waals surface area contributed by atoms with Gasteiger partial charge in [-0.25, -0.2) is 0 Å². The summed E-state index contributed by atoms with van der Waals surface area (Å²) in [6, 6.07) is 14.3. The van der Waals surface area contributed by atoms with Gasteiger partial charge in [-0.3, -0.25) is 4.90 Å². The van der Waals surface area contributed by atoms with Gasteiger partial charge in [0.1, 0.15) is 12.4 Å². The molecule has 1 aliphatic rings. The standard InChI is InChI=1S/C21H26Cl2N2O/c1-2-25-11-5-7-17(25)14-24-13-16-6-3-8-18(12-16)26-15-19-20(22)9-4-10-21(19)23/h3-4,6,8-10,12,17,24H,2,5,7,11,13-15H2,1H3. The first kappa shape index (κ1) is 19.5. The number of hydrogen-bond acceptors (Lipinski definition) is 3. The number of nitrogens with zero attached hydrogens (tertiary/aromatic N) is 1. The molecule has 26 heavy (non-hydrogen) atoms. The Balaban J connectivity index is 1.51. The number of benzene rings is 2. The lowest BCUT2D eigenvalue weighted by atomic mass is 10.2. The van der Waals surface area contributed by atoms with Crippen LogP contribution in [0.3, 0.4) is 0 Å². The highest BCUT2D eigenvalue weighted by Crippen LogP contribution is 2.26. The summed E-state index contributed by atoms with van der Waals surface area (Å²) in [6.07, 6.45) is 2.61. The van der Waals surface area contributed by atoms with E-state index >= 15 is 0 Å². The summed E-state index contributed by atoms with van der Waals surface area (Å²) in [5.74, 6) is 0.830. The number of ether oxygens (including phenoxy) is 1. The Morgan fingerprint density at radius 1 is 1.15 bits per heavy atom. The van der Waals surface area contributed by atoms with Crippen molar-refractivity contribution in [3.05, 3.63) is 63.6 Å². The van der Waals surface area contributed by atoms with Crippen LogP contribution in [0.25, 0.3) is 0 Å². The Kier molecular flexibility index (Phi) is 7.21. The van der Waals surface area contributed by atoms with Crippen LogP contribution in [0.1, 0.15) is 30.9 Å². The Morgan fingerprint density at radius 2 is 1.92 bits per heavy atom. The molecule has 0 bridgehead atoms. The monoisotopic (exact) mass is 392 g/mol. The summed E-state index contributed by atoms with van der Waals surface area (Å²) in [5, 5.41) is 4.85. The smallest absolute Gasteiger partial charge is 0.120 e. The highest BCUT2D eigenvalue weighted by Gasteiger charge is 2.22. The molecule has 0 saturated carbocycles.